The molecule has 3 aliphatic heterocycles. The summed E-state index contributed by atoms with van der Waals surface area (Å²) in [5, 5.41) is 51.9. The Bertz CT molecular complexity index is 453. The van der Waals surface area contributed by atoms with Gasteiger partial charge in [-0.3, -0.25) is 0 Å². The van der Waals surface area contributed by atoms with Gasteiger partial charge in [0.2, 0.25) is 11.6 Å². The second kappa shape index (κ2) is 5.95. The van der Waals surface area contributed by atoms with Crippen LogP contribution < -0.4 is 0 Å². The summed E-state index contributed by atoms with van der Waals surface area (Å²) in [6.45, 7) is -1.42. The van der Waals surface area contributed by atoms with Gasteiger partial charge < -0.3 is 44.5 Å². The molecular weight excluding hydrogens is 318 g/mol. The average molecular weight is 337 g/mol. The van der Waals surface area contributed by atoms with Crippen LogP contribution in [0.15, 0.2) is 5.18 Å². The Morgan fingerprint density at radius 1 is 0.783 bits per heavy atom. The zero-order valence-electron chi connectivity index (χ0n) is 12.0. The van der Waals surface area contributed by atoms with Crippen molar-refractivity contribution < 1.29 is 44.5 Å². The highest BCUT2D eigenvalue weighted by Crippen LogP contribution is 2.38. The van der Waals surface area contributed by atoms with Gasteiger partial charge in [-0.25, -0.2) is 0 Å². The molecule has 0 saturated carbocycles. The number of nitroso groups, excluding NO2 is 1. The van der Waals surface area contributed by atoms with E-state index in [1.807, 2.05) is 0 Å². The lowest BCUT2D eigenvalue weighted by molar-refractivity contribution is -0.447. The van der Waals surface area contributed by atoms with E-state index in [4.69, 9.17) is 18.9 Å². The minimum absolute atomic E-state index is 0.275. The van der Waals surface area contributed by atoms with E-state index in [-0.39, 0.29) is 13.2 Å². The monoisotopic (exact) mass is 337 g/mol. The summed E-state index contributed by atoms with van der Waals surface area (Å²) in [7, 11) is 0. The van der Waals surface area contributed by atoms with E-state index < -0.39 is 61.3 Å². The molecule has 0 amide bonds. The van der Waals surface area contributed by atoms with Crippen molar-refractivity contribution in [1.82, 2.24) is 0 Å². The average Bonchev–Trinajstić information content (AvgIpc) is 2.57. The first-order chi connectivity index (χ1) is 10.9. The molecule has 5 N–H and O–H groups in total. The maximum Gasteiger partial charge on any atom is 0.221 e. The van der Waals surface area contributed by atoms with Crippen molar-refractivity contribution in [2.75, 3.05) is 26.4 Å². The van der Waals surface area contributed by atoms with Crippen LogP contribution in [0.5, 0.6) is 0 Å². The lowest BCUT2D eigenvalue weighted by atomic mass is 9.93. The van der Waals surface area contributed by atoms with Gasteiger partial charge in [0.1, 0.15) is 49.8 Å². The van der Waals surface area contributed by atoms with Crippen LogP contribution in [0, 0.1) is 4.91 Å². The number of ether oxygens (including phenoxy) is 4. The Morgan fingerprint density at radius 3 is 1.83 bits per heavy atom. The summed E-state index contributed by atoms with van der Waals surface area (Å²) < 4.78 is 21.5. The molecule has 11 heteroatoms. The van der Waals surface area contributed by atoms with Crippen LogP contribution in [0.4, 0.5) is 0 Å². The SMILES string of the molecule is O=N[C@@H]1CO[C@]2(CO[C@@]3(CO2)OC[C@@H](O)C(O)C3O)C(O)C1O. The van der Waals surface area contributed by atoms with E-state index in [1.54, 1.807) is 0 Å². The van der Waals surface area contributed by atoms with Gasteiger partial charge in [0.05, 0.1) is 13.2 Å². The van der Waals surface area contributed by atoms with Crippen molar-refractivity contribution in [3.05, 3.63) is 4.91 Å². The number of hydrogen-bond acceptors (Lipinski definition) is 11. The normalized spacial score (nSPS) is 54.3. The lowest BCUT2D eigenvalue weighted by Crippen LogP contribution is -2.72. The molecule has 4 unspecified atom stereocenters. The third-order valence-corrected chi connectivity index (χ3v) is 4.50. The fraction of sp³-hybridized carbons (Fsp3) is 1.00. The van der Waals surface area contributed by atoms with E-state index >= 15 is 0 Å². The zero-order chi connectivity index (χ0) is 16.8. The second-order valence-corrected chi connectivity index (χ2v) is 5.93. The van der Waals surface area contributed by atoms with Gasteiger partial charge in [0.25, 0.3) is 0 Å². The fourth-order valence-corrected chi connectivity index (χ4v) is 2.89. The molecule has 11 nitrogen and oxygen atoms in total. The molecule has 3 fully saturated rings. The first kappa shape index (κ1) is 17.1. The van der Waals surface area contributed by atoms with Crippen molar-refractivity contribution in [1.29, 1.82) is 0 Å². The minimum atomic E-state index is -1.74. The molecule has 3 heterocycles. The largest absolute Gasteiger partial charge is 0.388 e. The molecule has 8 atom stereocenters. The topological polar surface area (TPSA) is 168 Å². The van der Waals surface area contributed by atoms with Gasteiger partial charge in [-0.1, -0.05) is 5.18 Å². The molecule has 0 aromatic rings. The molecule has 0 bridgehead atoms. The van der Waals surface area contributed by atoms with E-state index in [0.717, 1.165) is 0 Å². The Morgan fingerprint density at radius 2 is 1.30 bits per heavy atom. The predicted octanol–water partition coefficient (Wildman–Crippen LogP) is -3.57. The number of aliphatic hydroxyl groups is 5. The molecule has 2 spiro atoms. The van der Waals surface area contributed by atoms with Crippen LogP contribution in [0.3, 0.4) is 0 Å². The first-order valence-corrected chi connectivity index (χ1v) is 7.14. The molecule has 0 aromatic carbocycles. The third kappa shape index (κ3) is 2.58. The molecule has 3 aliphatic rings. The number of nitrogens with zero attached hydrogens (tertiary/aromatic N) is 1. The fourth-order valence-electron chi connectivity index (χ4n) is 2.89. The summed E-state index contributed by atoms with van der Waals surface area (Å²) in [4.78, 5) is 10.6. The van der Waals surface area contributed by atoms with E-state index in [2.05, 4.69) is 5.18 Å². The molecule has 23 heavy (non-hydrogen) atoms. The molecule has 0 aromatic heterocycles. The number of aliphatic hydroxyl groups excluding tert-OH is 5. The Hall–Kier alpha value is -0.760. The quantitative estimate of drug-likeness (QED) is 0.302. The standard InChI is InChI=1S/C12H19NO10/c14-6-2-21-12(10(18)8(6)16)4-22-11(3-23-12)9(17)7(15)5(13-19)1-20-11/h5-10,14-18H,1-4H2/t5-,6-,7?,8?,9?,10?,11+,12-/m1/s1. The van der Waals surface area contributed by atoms with E-state index in [1.165, 1.54) is 0 Å². The van der Waals surface area contributed by atoms with Crippen LogP contribution in [-0.4, -0.2) is 100 Å². The Labute approximate surface area is 130 Å². The van der Waals surface area contributed by atoms with Crippen molar-refractivity contribution in [2.24, 2.45) is 5.18 Å². The van der Waals surface area contributed by atoms with Crippen molar-refractivity contribution in [2.45, 2.75) is 48.1 Å². The minimum Gasteiger partial charge on any atom is -0.388 e. The van der Waals surface area contributed by atoms with Crippen LogP contribution in [-0.2, 0) is 18.9 Å². The van der Waals surface area contributed by atoms with Gasteiger partial charge in [-0.05, 0) is 0 Å². The smallest absolute Gasteiger partial charge is 0.221 e. The van der Waals surface area contributed by atoms with Crippen LogP contribution in [0.1, 0.15) is 0 Å². The highest BCUT2D eigenvalue weighted by atomic mass is 16.8. The summed E-state index contributed by atoms with van der Waals surface area (Å²) in [5.74, 6) is -3.46. The molecule has 0 radical (unpaired) electrons. The predicted molar refractivity (Wildman–Crippen MR) is 68.9 cm³/mol. The lowest BCUT2D eigenvalue weighted by Gasteiger charge is -2.53. The molecular formula is C12H19NO10. The molecule has 132 valence electrons. The highest BCUT2D eigenvalue weighted by Gasteiger charge is 2.61. The number of hydrogen-bond donors (Lipinski definition) is 5. The van der Waals surface area contributed by atoms with Crippen LogP contribution in [0.2, 0.25) is 0 Å². The number of rotatable bonds is 1. The highest BCUT2D eigenvalue weighted by molar-refractivity contribution is 5.01. The maximum atomic E-state index is 10.6. The van der Waals surface area contributed by atoms with Crippen molar-refractivity contribution >= 4 is 0 Å². The summed E-state index contributed by atoms with van der Waals surface area (Å²) >= 11 is 0. The van der Waals surface area contributed by atoms with Crippen LogP contribution in [0.25, 0.3) is 0 Å². The molecule has 0 aliphatic carbocycles. The summed E-state index contributed by atoms with van der Waals surface area (Å²) in [5.41, 5.74) is 0. The van der Waals surface area contributed by atoms with Crippen LogP contribution >= 0.6 is 0 Å². The van der Waals surface area contributed by atoms with Gasteiger partial charge in [-0.2, -0.15) is 4.91 Å². The van der Waals surface area contributed by atoms with Gasteiger partial charge in [-0.15, -0.1) is 0 Å². The van der Waals surface area contributed by atoms with E-state index in [0.29, 0.717) is 0 Å². The van der Waals surface area contributed by atoms with Gasteiger partial charge in [0, 0.05) is 0 Å². The maximum absolute atomic E-state index is 10.6. The van der Waals surface area contributed by atoms with E-state index in [9.17, 15) is 30.4 Å². The van der Waals surface area contributed by atoms with Gasteiger partial charge in [0.15, 0.2) is 0 Å². The zero-order valence-corrected chi connectivity index (χ0v) is 12.0. The van der Waals surface area contributed by atoms with Crippen molar-refractivity contribution in [3.63, 3.8) is 0 Å². The summed E-state index contributed by atoms with van der Waals surface area (Å²) in [6.07, 6.45) is -7.45. The first-order valence-electron chi connectivity index (χ1n) is 7.14. The van der Waals surface area contributed by atoms with Crippen molar-refractivity contribution in [3.8, 4) is 0 Å². The molecule has 3 rings (SSSR count). The molecule has 3 saturated heterocycles. The Kier molecular flexibility index (Phi) is 4.42. The van der Waals surface area contributed by atoms with Gasteiger partial charge >= 0.3 is 0 Å². The third-order valence-electron chi connectivity index (χ3n) is 4.50. The second-order valence-electron chi connectivity index (χ2n) is 5.93. The summed E-state index contributed by atoms with van der Waals surface area (Å²) in [6, 6.07) is -1.14. The Balaban J connectivity index is 1.72.